The molecule has 0 amide bonds. The van der Waals surface area contributed by atoms with Crippen molar-refractivity contribution in [2.45, 2.75) is 251 Å². The molecule has 0 saturated carbocycles. The number of unbranched alkanes of at least 4 members (excludes halogenated alkanes) is 24. The van der Waals surface area contributed by atoms with E-state index >= 15 is 0 Å². The second-order valence-electron chi connectivity index (χ2n) is 17.8. The average molecular weight is 1020 g/mol. The molecule has 2 unspecified atom stereocenters. The molecule has 0 spiro atoms. The summed E-state index contributed by atoms with van der Waals surface area (Å²) in [5.41, 5.74) is 0. The molecule has 17 nitrogen and oxygen atoms in total. The van der Waals surface area contributed by atoms with Crippen LogP contribution in [0.4, 0.5) is 0 Å². The largest absolute Gasteiger partial charge is 0.472 e. The van der Waals surface area contributed by atoms with Gasteiger partial charge in [-0.2, -0.15) is 0 Å². The summed E-state index contributed by atoms with van der Waals surface area (Å²) >= 11 is 0. The fourth-order valence-electron chi connectivity index (χ4n) is 6.96. The van der Waals surface area contributed by atoms with E-state index in [2.05, 4.69) is 20.8 Å². The van der Waals surface area contributed by atoms with Crippen LogP contribution in [0.1, 0.15) is 233 Å². The van der Waals surface area contributed by atoms with E-state index in [1.165, 1.54) is 64.2 Å². The van der Waals surface area contributed by atoms with Crippen molar-refractivity contribution in [3.63, 3.8) is 0 Å². The fraction of sp³-hybridized carbons (Fsp3) is 0.918. The van der Waals surface area contributed by atoms with Crippen LogP contribution >= 0.6 is 15.6 Å². The third-order valence-corrected chi connectivity index (χ3v) is 13.0. The molecule has 0 fully saturated rings. The van der Waals surface area contributed by atoms with Crippen LogP contribution in [0.2, 0.25) is 0 Å². The number of carbonyl (C=O) groups excluding carboxylic acids is 4. The van der Waals surface area contributed by atoms with Gasteiger partial charge in [0.15, 0.2) is 12.2 Å². The third-order valence-electron chi connectivity index (χ3n) is 11.1. The second-order valence-corrected chi connectivity index (χ2v) is 20.8. The summed E-state index contributed by atoms with van der Waals surface area (Å²) in [6, 6.07) is 0. The van der Waals surface area contributed by atoms with E-state index in [9.17, 15) is 43.2 Å². The summed E-state index contributed by atoms with van der Waals surface area (Å²) in [7, 11) is -9.82. The highest BCUT2D eigenvalue weighted by Crippen LogP contribution is 2.45. The Kier molecular flexibility index (Phi) is 43.7. The highest BCUT2D eigenvalue weighted by molar-refractivity contribution is 7.47. The van der Waals surface area contributed by atoms with Gasteiger partial charge in [-0.1, -0.05) is 182 Å². The molecule has 0 radical (unpaired) electrons. The Labute approximate surface area is 409 Å². The topological polar surface area (TPSA) is 237 Å². The Bertz CT molecular complexity index is 1350. The number of aliphatic hydroxyl groups excluding tert-OH is 1. The van der Waals surface area contributed by atoms with Crippen LogP contribution in [0.15, 0.2) is 0 Å². The average Bonchev–Trinajstić information content (AvgIpc) is 3.31. The van der Waals surface area contributed by atoms with Crippen molar-refractivity contribution < 1.29 is 80.2 Å². The first-order valence-corrected chi connectivity index (χ1v) is 29.3. The molecule has 0 rings (SSSR count). The Morgan fingerprint density at radius 1 is 0.353 bits per heavy atom. The summed E-state index contributed by atoms with van der Waals surface area (Å²) in [6.45, 7) is 4.43. The van der Waals surface area contributed by atoms with Gasteiger partial charge in [0.2, 0.25) is 0 Å². The summed E-state index contributed by atoms with van der Waals surface area (Å²) in [5.74, 6) is -2.20. The van der Waals surface area contributed by atoms with Crippen molar-refractivity contribution in [3.05, 3.63) is 0 Å². The van der Waals surface area contributed by atoms with Gasteiger partial charge in [0, 0.05) is 25.7 Å². The highest BCUT2D eigenvalue weighted by Gasteiger charge is 2.30. The first-order valence-electron chi connectivity index (χ1n) is 26.3. The lowest BCUT2D eigenvalue weighted by Crippen LogP contribution is -2.30. The van der Waals surface area contributed by atoms with Gasteiger partial charge >= 0.3 is 39.5 Å². The second kappa shape index (κ2) is 45.0. The molecule has 0 saturated heterocycles. The zero-order valence-corrected chi connectivity index (χ0v) is 44.3. The van der Waals surface area contributed by atoms with Crippen LogP contribution in [0.5, 0.6) is 0 Å². The number of aliphatic hydroxyl groups is 1. The number of rotatable bonds is 50. The molecule has 0 heterocycles. The normalized spacial score (nSPS) is 14.6. The Balaban J connectivity index is 5.05. The number of carbonyl (C=O) groups is 4. The van der Waals surface area contributed by atoms with E-state index in [0.717, 1.165) is 89.9 Å². The molecule has 0 aliphatic heterocycles. The SMILES string of the molecule is CCCCCCCCCCCCCC(=O)O[C@H](COC(=O)CCCCCCCCC)COP(=O)(O)OC[C@H](O)COP(=O)(O)OC[C@@H](COC(=O)CCCCCCCCCC)OC(=O)CCCC. The van der Waals surface area contributed by atoms with Gasteiger partial charge in [-0.05, 0) is 25.7 Å². The minimum Gasteiger partial charge on any atom is -0.462 e. The van der Waals surface area contributed by atoms with Crippen LogP contribution in [0, 0.1) is 0 Å². The van der Waals surface area contributed by atoms with E-state index in [4.69, 9.17) is 37.0 Å². The van der Waals surface area contributed by atoms with Crippen molar-refractivity contribution in [1.29, 1.82) is 0 Å². The molecule has 0 aliphatic rings. The number of phosphoric acid groups is 2. The summed E-state index contributed by atoms with van der Waals surface area (Å²) in [4.78, 5) is 70.6. The van der Waals surface area contributed by atoms with E-state index in [-0.39, 0.29) is 25.7 Å². The van der Waals surface area contributed by atoms with Crippen LogP contribution in [0.3, 0.4) is 0 Å². The van der Waals surface area contributed by atoms with E-state index in [1.807, 2.05) is 6.92 Å². The number of phosphoric ester groups is 2. The molecule has 0 aromatic carbocycles. The van der Waals surface area contributed by atoms with E-state index in [0.29, 0.717) is 25.7 Å². The van der Waals surface area contributed by atoms with Crippen LogP contribution < -0.4 is 0 Å². The van der Waals surface area contributed by atoms with Crippen LogP contribution in [-0.2, 0) is 65.4 Å². The van der Waals surface area contributed by atoms with Crippen molar-refractivity contribution in [3.8, 4) is 0 Å². The fourth-order valence-corrected chi connectivity index (χ4v) is 8.54. The van der Waals surface area contributed by atoms with Crippen molar-refractivity contribution in [2.24, 2.45) is 0 Å². The van der Waals surface area contributed by atoms with Gasteiger partial charge < -0.3 is 33.8 Å². The molecular weight excluding hydrogens is 922 g/mol. The number of ether oxygens (including phenoxy) is 4. The standard InChI is InChI=1S/C49H94O17P2/c1-5-9-13-16-19-21-22-23-26-29-32-36-49(54)66-45(40-60-46(51)34-30-27-24-18-15-11-7-3)42-64-68(57,58)62-38-43(50)37-61-67(55,56)63-41-44(65-48(53)33-12-8-4)39-59-47(52)35-31-28-25-20-17-14-10-6-2/h43-45,50H,5-42H2,1-4H3,(H,55,56)(H,57,58)/t43-,44-,45-/m1/s1. The van der Waals surface area contributed by atoms with Crippen LogP contribution in [0.25, 0.3) is 0 Å². The number of esters is 4. The highest BCUT2D eigenvalue weighted by atomic mass is 31.2. The lowest BCUT2D eigenvalue weighted by atomic mass is 10.1. The smallest absolute Gasteiger partial charge is 0.462 e. The molecule has 68 heavy (non-hydrogen) atoms. The van der Waals surface area contributed by atoms with Gasteiger partial charge in [0.1, 0.15) is 19.3 Å². The van der Waals surface area contributed by atoms with E-state index < -0.39 is 97.5 Å². The first kappa shape index (κ1) is 66.1. The van der Waals surface area contributed by atoms with Gasteiger partial charge in [0.25, 0.3) is 0 Å². The summed E-state index contributed by atoms with van der Waals surface area (Å²) < 4.78 is 66.6. The van der Waals surface area contributed by atoms with Gasteiger partial charge in [-0.3, -0.25) is 37.3 Å². The minimum atomic E-state index is -4.92. The lowest BCUT2D eigenvalue weighted by Gasteiger charge is -2.21. The maximum Gasteiger partial charge on any atom is 0.472 e. The van der Waals surface area contributed by atoms with Gasteiger partial charge in [-0.15, -0.1) is 0 Å². The Hall–Kier alpha value is -1.94. The maximum atomic E-state index is 12.8. The molecule has 402 valence electrons. The molecule has 19 heteroatoms. The lowest BCUT2D eigenvalue weighted by molar-refractivity contribution is -0.161. The quantitative estimate of drug-likeness (QED) is 0.0222. The predicted octanol–water partition coefficient (Wildman–Crippen LogP) is 12.1. The third kappa shape index (κ3) is 44.0. The zero-order chi connectivity index (χ0) is 50.6. The first-order chi connectivity index (χ1) is 32.7. The Morgan fingerprint density at radius 2 is 0.603 bits per heavy atom. The molecular formula is C49H94O17P2. The van der Waals surface area contributed by atoms with Crippen LogP contribution in [-0.4, -0.2) is 96.7 Å². The molecule has 0 bridgehead atoms. The number of hydrogen-bond donors (Lipinski definition) is 3. The summed E-state index contributed by atoms with van der Waals surface area (Å²) in [6.07, 6.45) is 25.3. The molecule has 3 N–H and O–H groups in total. The predicted molar refractivity (Wildman–Crippen MR) is 262 cm³/mol. The maximum absolute atomic E-state index is 12.8. The van der Waals surface area contributed by atoms with Crippen molar-refractivity contribution in [2.75, 3.05) is 39.6 Å². The molecule has 0 aliphatic carbocycles. The molecule has 5 atom stereocenters. The van der Waals surface area contributed by atoms with E-state index in [1.54, 1.807) is 0 Å². The summed E-state index contributed by atoms with van der Waals surface area (Å²) in [5, 5.41) is 10.4. The Morgan fingerprint density at radius 3 is 0.912 bits per heavy atom. The van der Waals surface area contributed by atoms with Gasteiger partial charge in [0.05, 0.1) is 26.4 Å². The molecule has 0 aromatic rings. The van der Waals surface area contributed by atoms with Crippen molar-refractivity contribution in [1.82, 2.24) is 0 Å². The van der Waals surface area contributed by atoms with Crippen molar-refractivity contribution >= 4 is 39.5 Å². The monoisotopic (exact) mass is 1020 g/mol. The molecule has 0 aromatic heterocycles. The number of hydrogen-bond acceptors (Lipinski definition) is 15. The zero-order valence-electron chi connectivity index (χ0n) is 42.6. The van der Waals surface area contributed by atoms with Gasteiger partial charge in [-0.25, -0.2) is 9.13 Å². The minimum absolute atomic E-state index is 0.0786.